The molecule has 0 N–H and O–H groups in total. The summed E-state index contributed by atoms with van der Waals surface area (Å²) in [5.41, 5.74) is 0. The minimum Gasteiger partial charge on any atom is -0.383 e. The lowest BCUT2D eigenvalue weighted by Gasteiger charge is -2.30. The van der Waals surface area contributed by atoms with Crippen LogP contribution in [-0.2, 0) is 19.4 Å². The molecule has 2 fully saturated rings. The van der Waals surface area contributed by atoms with Crippen LogP contribution in [0.1, 0.15) is 32.1 Å². The molecule has 7 heteroatoms. The lowest BCUT2D eigenvalue weighted by Crippen LogP contribution is -2.47. The van der Waals surface area contributed by atoms with Gasteiger partial charge in [-0.3, -0.25) is 9.69 Å². The SMILES string of the molecule is COCCN(C(=O)CN1CCCCCC1)C1CCS(=O)(=O)C1. The second kappa shape index (κ2) is 8.26. The van der Waals surface area contributed by atoms with Gasteiger partial charge in [-0.05, 0) is 32.4 Å². The van der Waals surface area contributed by atoms with Gasteiger partial charge in [-0.1, -0.05) is 12.8 Å². The number of ether oxygens (including phenoxy) is 1. The summed E-state index contributed by atoms with van der Waals surface area (Å²) in [4.78, 5) is 16.6. The molecule has 0 aromatic carbocycles. The van der Waals surface area contributed by atoms with E-state index in [1.165, 1.54) is 12.8 Å². The van der Waals surface area contributed by atoms with Crippen LogP contribution in [0.2, 0.25) is 0 Å². The molecule has 2 saturated heterocycles. The fourth-order valence-corrected chi connectivity index (χ4v) is 5.03. The maximum atomic E-state index is 12.7. The third kappa shape index (κ3) is 5.21. The van der Waals surface area contributed by atoms with Crippen LogP contribution in [0.25, 0.3) is 0 Å². The van der Waals surface area contributed by atoms with Gasteiger partial charge in [0.15, 0.2) is 9.84 Å². The number of carbonyl (C=O) groups is 1. The van der Waals surface area contributed by atoms with Crippen LogP contribution in [0, 0.1) is 0 Å². The zero-order valence-electron chi connectivity index (χ0n) is 13.5. The van der Waals surface area contributed by atoms with E-state index in [4.69, 9.17) is 4.74 Å². The first-order valence-corrected chi connectivity index (χ1v) is 10.0. The Labute approximate surface area is 133 Å². The lowest BCUT2D eigenvalue weighted by molar-refractivity contribution is -0.135. The van der Waals surface area contributed by atoms with E-state index in [0.717, 1.165) is 25.9 Å². The van der Waals surface area contributed by atoms with Crippen LogP contribution in [0.4, 0.5) is 0 Å². The Morgan fingerprint density at radius 1 is 1.23 bits per heavy atom. The summed E-state index contributed by atoms with van der Waals surface area (Å²) >= 11 is 0. The molecule has 2 aliphatic heterocycles. The molecule has 0 aliphatic carbocycles. The number of likely N-dealkylation sites (tertiary alicyclic amines) is 1. The van der Waals surface area contributed by atoms with E-state index >= 15 is 0 Å². The van der Waals surface area contributed by atoms with Crippen LogP contribution in [0.5, 0.6) is 0 Å². The highest BCUT2D eigenvalue weighted by Crippen LogP contribution is 2.18. The average molecular weight is 332 g/mol. The summed E-state index contributed by atoms with van der Waals surface area (Å²) < 4.78 is 28.5. The minimum absolute atomic E-state index is 0.0426. The molecule has 0 radical (unpaired) electrons. The molecule has 6 nitrogen and oxygen atoms in total. The molecule has 2 rings (SSSR count). The predicted molar refractivity (Wildman–Crippen MR) is 85.6 cm³/mol. The zero-order chi connectivity index (χ0) is 16.0. The summed E-state index contributed by atoms with van der Waals surface area (Å²) in [6, 6.07) is -0.181. The van der Waals surface area contributed by atoms with Gasteiger partial charge in [-0.2, -0.15) is 0 Å². The summed E-state index contributed by atoms with van der Waals surface area (Å²) in [5.74, 6) is 0.335. The summed E-state index contributed by atoms with van der Waals surface area (Å²) in [5, 5.41) is 0. The molecule has 0 spiro atoms. The van der Waals surface area contributed by atoms with Gasteiger partial charge >= 0.3 is 0 Å². The van der Waals surface area contributed by atoms with Gasteiger partial charge in [0.25, 0.3) is 0 Å². The number of hydrogen-bond donors (Lipinski definition) is 0. The number of amides is 1. The summed E-state index contributed by atoms with van der Waals surface area (Å²) in [7, 11) is -1.39. The fraction of sp³-hybridized carbons (Fsp3) is 0.933. The van der Waals surface area contributed by atoms with Crippen molar-refractivity contribution in [3.05, 3.63) is 0 Å². The van der Waals surface area contributed by atoms with Crippen LogP contribution in [-0.4, -0.2) is 81.6 Å². The minimum atomic E-state index is -2.99. The second-order valence-corrected chi connectivity index (χ2v) is 8.56. The van der Waals surface area contributed by atoms with Crippen molar-refractivity contribution in [3.8, 4) is 0 Å². The molecular weight excluding hydrogens is 304 g/mol. The quantitative estimate of drug-likeness (QED) is 0.710. The number of sulfone groups is 1. The van der Waals surface area contributed by atoms with E-state index in [0.29, 0.717) is 26.1 Å². The number of hydrogen-bond acceptors (Lipinski definition) is 5. The molecule has 0 bridgehead atoms. The van der Waals surface area contributed by atoms with Crippen molar-refractivity contribution in [2.75, 3.05) is 51.4 Å². The molecule has 0 aromatic heterocycles. The molecule has 1 atom stereocenters. The molecule has 128 valence electrons. The molecule has 0 aromatic rings. The molecule has 1 unspecified atom stereocenters. The Bertz CT molecular complexity index is 458. The van der Waals surface area contributed by atoms with E-state index in [1.807, 2.05) is 0 Å². The maximum Gasteiger partial charge on any atom is 0.237 e. The van der Waals surface area contributed by atoms with Gasteiger partial charge in [0.1, 0.15) is 0 Å². The summed E-state index contributed by atoms with van der Waals surface area (Å²) in [6.07, 6.45) is 5.31. The topological polar surface area (TPSA) is 66.9 Å². The van der Waals surface area contributed by atoms with Crippen molar-refractivity contribution in [2.24, 2.45) is 0 Å². The lowest BCUT2D eigenvalue weighted by atomic mass is 10.2. The Balaban J connectivity index is 1.96. The van der Waals surface area contributed by atoms with Gasteiger partial charge in [0.2, 0.25) is 5.91 Å². The van der Waals surface area contributed by atoms with Gasteiger partial charge in [0, 0.05) is 19.7 Å². The van der Waals surface area contributed by atoms with Crippen LogP contribution in [0.15, 0.2) is 0 Å². The zero-order valence-corrected chi connectivity index (χ0v) is 14.3. The largest absolute Gasteiger partial charge is 0.383 e. The van der Waals surface area contributed by atoms with Gasteiger partial charge in [-0.25, -0.2) is 8.42 Å². The van der Waals surface area contributed by atoms with Gasteiger partial charge in [0.05, 0.1) is 24.7 Å². The first-order valence-electron chi connectivity index (χ1n) is 8.23. The highest BCUT2D eigenvalue weighted by molar-refractivity contribution is 7.91. The third-order valence-corrected chi connectivity index (χ3v) is 6.31. The van der Waals surface area contributed by atoms with E-state index < -0.39 is 9.84 Å². The fourth-order valence-electron chi connectivity index (χ4n) is 3.30. The number of nitrogens with zero attached hydrogens (tertiary/aromatic N) is 2. The van der Waals surface area contributed by atoms with E-state index in [-0.39, 0.29) is 23.5 Å². The van der Waals surface area contributed by atoms with E-state index in [2.05, 4.69) is 4.90 Å². The van der Waals surface area contributed by atoms with Gasteiger partial charge in [-0.15, -0.1) is 0 Å². The molecule has 2 heterocycles. The van der Waals surface area contributed by atoms with Crippen molar-refractivity contribution in [2.45, 2.75) is 38.1 Å². The molecule has 2 aliphatic rings. The Morgan fingerprint density at radius 2 is 1.91 bits per heavy atom. The van der Waals surface area contributed by atoms with E-state index in [9.17, 15) is 13.2 Å². The predicted octanol–water partition coefficient (Wildman–Crippen LogP) is 0.525. The molecule has 1 amide bonds. The average Bonchev–Trinajstić information content (AvgIpc) is 2.67. The van der Waals surface area contributed by atoms with Crippen molar-refractivity contribution in [1.29, 1.82) is 0 Å². The Morgan fingerprint density at radius 3 is 2.45 bits per heavy atom. The number of methoxy groups -OCH3 is 1. The smallest absolute Gasteiger partial charge is 0.237 e. The highest BCUT2D eigenvalue weighted by atomic mass is 32.2. The van der Waals surface area contributed by atoms with Crippen molar-refractivity contribution in [1.82, 2.24) is 9.80 Å². The maximum absolute atomic E-state index is 12.7. The summed E-state index contributed by atoms with van der Waals surface area (Å²) in [6.45, 7) is 3.26. The molecular formula is C15H28N2O4S. The van der Waals surface area contributed by atoms with Crippen LogP contribution >= 0.6 is 0 Å². The van der Waals surface area contributed by atoms with E-state index in [1.54, 1.807) is 12.0 Å². The van der Waals surface area contributed by atoms with Crippen LogP contribution in [0.3, 0.4) is 0 Å². The second-order valence-electron chi connectivity index (χ2n) is 6.33. The number of carbonyl (C=O) groups excluding carboxylic acids is 1. The van der Waals surface area contributed by atoms with Crippen LogP contribution < -0.4 is 0 Å². The monoisotopic (exact) mass is 332 g/mol. The molecule has 0 saturated carbocycles. The number of rotatable bonds is 6. The van der Waals surface area contributed by atoms with Crippen molar-refractivity contribution < 1.29 is 17.9 Å². The Hall–Kier alpha value is -0.660. The first-order chi connectivity index (χ1) is 10.5. The van der Waals surface area contributed by atoms with Gasteiger partial charge < -0.3 is 9.64 Å². The normalized spacial score (nSPS) is 25.8. The Kier molecular flexibility index (Phi) is 6.65. The first kappa shape index (κ1) is 17.7. The standard InChI is InChI=1S/C15H28N2O4S/c1-21-10-9-17(14-6-11-22(19,20)13-14)15(18)12-16-7-4-2-3-5-8-16/h14H,2-13H2,1H3. The highest BCUT2D eigenvalue weighted by Gasteiger charge is 2.34. The van der Waals surface area contributed by atoms with Crippen molar-refractivity contribution >= 4 is 15.7 Å². The molecule has 22 heavy (non-hydrogen) atoms. The third-order valence-electron chi connectivity index (χ3n) is 4.56. The van der Waals surface area contributed by atoms with Crippen molar-refractivity contribution in [3.63, 3.8) is 0 Å².